The molecule has 0 bridgehead atoms. The first-order chi connectivity index (χ1) is 13.9. The molecule has 3 rings (SSSR count). The fourth-order valence-corrected chi connectivity index (χ4v) is 2.93. The summed E-state index contributed by atoms with van der Waals surface area (Å²) in [7, 11) is 3.00. The maximum Gasteiger partial charge on any atom is 0.271 e. The van der Waals surface area contributed by atoms with Crippen molar-refractivity contribution in [3.05, 3.63) is 70.3 Å². The summed E-state index contributed by atoms with van der Waals surface area (Å²) in [6.45, 7) is 1.75. The Balaban J connectivity index is 1.77. The van der Waals surface area contributed by atoms with Gasteiger partial charge in [0, 0.05) is 5.56 Å². The molecule has 9 heteroatoms. The predicted octanol–water partition coefficient (Wildman–Crippen LogP) is 3.75. The lowest BCUT2D eigenvalue weighted by Gasteiger charge is -2.08. The third-order valence-electron chi connectivity index (χ3n) is 4.12. The van der Waals surface area contributed by atoms with E-state index in [0.717, 1.165) is 0 Å². The summed E-state index contributed by atoms with van der Waals surface area (Å²) < 4.78 is 24.9. The molecule has 0 aliphatic rings. The van der Waals surface area contributed by atoms with Gasteiger partial charge in [-0.3, -0.25) is 4.79 Å². The van der Waals surface area contributed by atoms with Gasteiger partial charge in [-0.15, -0.1) is 0 Å². The standard InChI is InChI=1S/C20H18ClFN4O3/c1-12-16(19(21)26(25-12)15-7-5-14(22)6-8-15)11-23-24-20(27)13-4-9-17(28-2)18(10-13)29-3/h4-11H,1-3H3,(H,24,27). The molecule has 0 atom stereocenters. The van der Waals surface area contributed by atoms with Crippen molar-refractivity contribution < 1.29 is 18.7 Å². The summed E-state index contributed by atoms with van der Waals surface area (Å²) >= 11 is 6.38. The Kier molecular flexibility index (Phi) is 6.13. The van der Waals surface area contributed by atoms with Crippen LogP contribution >= 0.6 is 11.6 Å². The number of carbonyl (C=O) groups is 1. The Morgan fingerprint density at radius 2 is 1.86 bits per heavy atom. The third-order valence-corrected chi connectivity index (χ3v) is 4.49. The van der Waals surface area contributed by atoms with Crippen molar-refractivity contribution in [1.29, 1.82) is 0 Å². The lowest BCUT2D eigenvalue weighted by atomic mass is 10.2. The van der Waals surface area contributed by atoms with E-state index in [9.17, 15) is 9.18 Å². The molecule has 3 aromatic rings. The first-order valence-electron chi connectivity index (χ1n) is 8.51. The summed E-state index contributed by atoms with van der Waals surface area (Å²) in [5, 5.41) is 8.59. The summed E-state index contributed by atoms with van der Waals surface area (Å²) in [5.41, 5.74) is 4.52. The average molecular weight is 417 g/mol. The van der Waals surface area contributed by atoms with E-state index in [2.05, 4.69) is 15.6 Å². The molecule has 150 valence electrons. The van der Waals surface area contributed by atoms with E-state index in [1.807, 2.05) is 0 Å². The van der Waals surface area contributed by atoms with Gasteiger partial charge in [0.25, 0.3) is 5.91 Å². The van der Waals surface area contributed by atoms with Gasteiger partial charge in [0.15, 0.2) is 11.5 Å². The van der Waals surface area contributed by atoms with Crippen LogP contribution in [0, 0.1) is 12.7 Å². The number of carbonyl (C=O) groups excluding carboxylic acids is 1. The Morgan fingerprint density at radius 1 is 1.17 bits per heavy atom. The van der Waals surface area contributed by atoms with Crippen molar-refractivity contribution in [2.24, 2.45) is 5.10 Å². The van der Waals surface area contributed by atoms with E-state index in [0.29, 0.717) is 39.2 Å². The number of nitrogens with one attached hydrogen (secondary N) is 1. The smallest absolute Gasteiger partial charge is 0.271 e. The lowest BCUT2D eigenvalue weighted by molar-refractivity contribution is 0.0954. The van der Waals surface area contributed by atoms with Gasteiger partial charge in [0.2, 0.25) is 0 Å². The van der Waals surface area contributed by atoms with Gasteiger partial charge in [0.1, 0.15) is 11.0 Å². The largest absolute Gasteiger partial charge is 0.493 e. The molecule has 0 saturated carbocycles. The fourth-order valence-electron chi connectivity index (χ4n) is 2.61. The van der Waals surface area contributed by atoms with E-state index in [-0.39, 0.29) is 5.82 Å². The molecule has 1 N–H and O–H groups in total. The van der Waals surface area contributed by atoms with Crippen LogP contribution < -0.4 is 14.9 Å². The monoisotopic (exact) mass is 416 g/mol. The Morgan fingerprint density at radius 3 is 2.52 bits per heavy atom. The molecule has 0 aliphatic carbocycles. The number of nitrogens with zero attached hydrogens (tertiary/aromatic N) is 3. The number of aromatic nitrogens is 2. The number of hydrogen-bond acceptors (Lipinski definition) is 5. The van der Waals surface area contributed by atoms with Crippen molar-refractivity contribution in [3.8, 4) is 17.2 Å². The van der Waals surface area contributed by atoms with Crippen LogP contribution in [0.3, 0.4) is 0 Å². The number of halogens is 2. The fraction of sp³-hybridized carbons (Fsp3) is 0.150. The predicted molar refractivity (Wildman–Crippen MR) is 108 cm³/mol. The maximum atomic E-state index is 13.1. The van der Waals surface area contributed by atoms with Gasteiger partial charge in [-0.1, -0.05) is 11.6 Å². The second-order valence-corrected chi connectivity index (χ2v) is 6.31. The molecular weight excluding hydrogens is 399 g/mol. The van der Waals surface area contributed by atoms with Crippen molar-refractivity contribution >= 4 is 23.7 Å². The van der Waals surface area contributed by atoms with Crippen molar-refractivity contribution in [1.82, 2.24) is 15.2 Å². The zero-order chi connectivity index (χ0) is 21.0. The van der Waals surface area contributed by atoms with Crippen LogP contribution in [0.25, 0.3) is 5.69 Å². The van der Waals surface area contributed by atoms with Crippen LogP contribution in [0.15, 0.2) is 47.6 Å². The molecule has 0 spiro atoms. The first-order valence-corrected chi connectivity index (χ1v) is 8.89. The quantitative estimate of drug-likeness (QED) is 0.490. The highest BCUT2D eigenvalue weighted by molar-refractivity contribution is 6.32. The van der Waals surface area contributed by atoms with Crippen molar-refractivity contribution in [2.75, 3.05) is 14.2 Å². The second-order valence-electron chi connectivity index (χ2n) is 5.95. The lowest BCUT2D eigenvalue weighted by Crippen LogP contribution is -2.17. The van der Waals surface area contributed by atoms with Gasteiger partial charge in [-0.05, 0) is 49.4 Å². The molecule has 29 heavy (non-hydrogen) atoms. The second kappa shape index (κ2) is 8.74. The minimum absolute atomic E-state index is 0.290. The molecule has 0 saturated heterocycles. The van der Waals surface area contributed by atoms with Gasteiger partial charge < -0.3 is 9.47 Å². The van der Waals surface area contributed by atoms with Crippen LogP contribution in [-0.2, 0) is 0 Å². The molecule has 0 fully saturated rings. The van der Waals surface area contributed by atoms with Gasteiger partial charge in [-0.2, -0.15) is 10.2 Å². The molecule has 1 heterocycles. The molecule has 0 radical (unpaired) electrons. The number of benzene rings is 2. The topological polar surface area (TPSA) is 77.7 Å². The number of hydrogen-bond donors (Lipinski definition) is 1. The van der Waals surface area contributed by atoms with Crippen LogP contribution in [-0.4, -0.2) is 36.1 Å². The van der Waals surface area contributed by atoms with Crippen LogP contribution in [0.5, 0.6) is 11.5 Å². The van der Waals surface area contributed by atoms with Gasteiger partial charge in [-0.25, -0.2) is 14.5 Å². The number of amides is 1. The summed E-state index contributed by atoms with van der Waals surface area (Å²) in [5.74, 6) is 0.169. The van der Waals surface area contributed by atoms with E-state index >= 15 is 0 Å². The minimum Gasteiger partial charge on any atom is -0.493 e. The van der Waals surface area contributed by atoms with Crippen molar-refractivity contribution in [2.45, 2.75) is 6.92 Å². The summed E-state index contributed by atoms with van der Waals surface area (Å²) in [6.07, 6.45) is 1.41. The maximum absolute atomic E-state index is 13.1. The molecule has 0 aliphatic heterocycles. The normalized spacial score (nSPS) is 10.9. The molecule has 2 aromatic carbocycles. The van der Waals surface area contributed by atoms with Crippen LogP contribution in [0.1, 0.15) is 21.6 Å². The highest BCUT2D eigenvalue weighted by Gasteiger charge is 2.14. The highest BCUT2D eigenvalue weighted by atomic mass is 35.5. The average Bonchev–Trinajstić information content (AvgIpc) is 3.01. The zero-order valence-electron chi connectivity index (χ0n) is 15.9. The molecular formula is C20H18ClFN4O3. The Labute approximate surface area is 171 Å². The summed E-state index contributed by atoms with van der Waals surface area (Å²) in [4.78, 5) is 12.3. The van der Waals surface area contributed by atoms with Gasteiger partial charge in [0.05, 0.1) is 37.4 Å². The van der Waals surface area contributed by atoms with E-state index in [4.69, 9.17) is 21.1 Å². The number of ether oxygens (including phenoxy) is 2. The molecule has 1 amide bonds. The number of aryl methyl sites for hydroxylation is 1. The molecule has 7 nitrogen and oxygen atoms in total. The molecule has 1 aromatic heterocycles. The van der Waals surface area contributed by atoms with Crippen LogP contribution in [0.2, 0.25) is 5.15 Å². The van der Waals surface area contributed by atoms with Crippen LogP contribution in [0.4, 0.5) is 4.39 Å². The SMILES string of the molecule is COc1ccc(C(=O)NN=Cc2c(C)nn(-c3ccc(F)cc3)c2Cl)cc1OC. The Bertz CT molecular complexity index is 1060. The number of rotatable bonds is 6. The third kappa shape index (κ3) is 4.38. The number of hydrazone groups is 1. The molecule has 0 unspecified atom stereocenters. The van der Waals surface area contributed by atoms with Crippen molar-refractivity contribution in [3.63, 3.8) is 0 Å². The summed E-state index contributed by atoms with van der Waals surface area (Å²) in [6, 6.07) is 10.5. The van der Waals surface area contributed by atoms with E-state index in [1.165, 1.54) is 37.2 Å². The van der Waals surface area contributed by atoms with E-state index < -0.39 is 5.91 Å². The number of methoxy groups -OCH3 is 2. The minimum atomic E-state index is -0.429. The first kappa shape index (κ1) is 20.3. The highest BCUT2D eigenvalue weighted by Crippen LogP contribution is 2.27. The Hall–Kier alpha value is -3.39. The van der Waals surface area contributed by atoms with E-state index in [1.54, 1.807) is 37.3 Å². The van der Waals surface area contributed by atoms with Gasteiger partial charge >= 0.3 is 0 Å². The zero-order valence-corrected chi connectivity index (χ0v) is 16.7.